The van der Waals surface area contributed by atoms with Crippen LogP contribution in [0.1, 0.15) is 5.69 Å². The van der Waals surface area contributed by atoms with E-state index in [0.29, 0.717) is 5.69 Å². The average Bonchev–Trinajstić information content (AvgIpc) is 2.82. The molecule has 0 aliphatic rings. The Kier molecular flexibility index (Phi) is 3.87. The molecule has 19 heavy (non-hydrogen) atoms. The van der Waals surface area contributed by atoms with Crippen molar-refractivity contribution < 1.29 is 8.42 Å². The van der Waals surface area contributed by atoms with Gasteiger partial charge in [-0.25, -0.2) is 13.1 Å². The molecule has 0 unspecified atom stereocenters. The van der Waals surface area contributed by atoms with E-state index in [9.17, 15) is 8.42 Å². The highest BCUT2D eigenvalue weighted by Crippen LogP contribution is 2.13. The maximum Gasteiger partial charge on any atom is 0.240 e. The van der Waals surface area contributed by atoms with Gasteiger partial charge in [0, 0.05) is 26.0 Å². The van der Waals surface area contributed by atoms with Crippen LogP contribution in [0.3, 0.4) is 0 Å². The van der Waals surface area contributed by atoms with Crippen LogP contribution in [-0.4, -0.2) is 25.2 Å². The Balaban J connectivity index is 2.09. The number of nitrogens with zero attached hydrogens (tertiary/aromatic N) is 2. The molecule has 0 radical (unpaired) electrons. The fraction of sp³-hybridized carbons (Fsp3) is 0.250. The molecule has 1 heterocycles. The summed E-state index contributed by atoms with van der Waals surface area (Å²) < 4.78 is 28.2. The lowest BCUT2D eigenvalue weighted by Crippen LogP contribution is -2.23. The Morgan fingerprint density at radius 3 is 2.42 bits per heavy atom. The van der Waals surface area contributed by atoms with Crippen LogP contribution in [0.5, 0.6) is 0 Å². The van der Waals surface area contributed by atoms with Crippen LogP contribution in [-0.2, 0) is 23.6 Å². The zero-order valence-corrected chi connectivity index (χ0v) is 11.6. The van der Waals surface area contributed by atoms with Gasteiger partial charge in [-0.15, -0.1) is 0 Å². The molecule has 1 aromatic carbocycles. The third kappa shape index (κ3) is 3.33. The smallest absolute Gasteiger partial charge is 0.240 e. The van der Waals surface area contributed by atoms with Gasteiger partial charge in [-0.3, -0.25) is 4.68 Å². The van der Waals surface area contributed by atoms with Crippen molar-refractivity contribution in [1.82, 2.24) is 14.5 Å². The fourth-order valence-electron chi connectivity index (χ4n) is 1.61. The van der Waals surface area contributed by atoms with E-state index in [0.717, 1.165) is 5.69 Å². The summed E-state index contributed by atoms with van der Waals surface area (Å²) in [6, 6.07) is 8.33. The van der Waals surface area contributed by atoms with Crippen molar-refractivity contribution in [2.45, 2.75) is 11.4 Å². The second-order valence-electron chi connectivity index (χ2n) is 4.08. The lowest BCUT2D eigenvalue weighted by Gasteiger charge is -2.06. The lowest BCUT2D eigenvalue weighted by molar-refractivity contribution is 0.579. The second-order valence-corrected chi connectivity index (χ2v) is 5.85. The summed E-state index contributed by atoms with van der Waals surface area (Å²) in [7, 11) is 0.0655. The quantitative estimate of drug-likeness (QED) is 0.854. The molecule has 0 spiro atoms. The number of aromatic nitrogens is 2. The maximum atomic E-state index is 12.0. The predicted molar refractivity (Wildman–Crippen MR) is 73.2 cm³/mol. The first kappa shape index (κ1) is 13.6. The van der Waals surface area contributed by atoms with Crippen LogP contribution in [0.15, 0.2) is 41.4 Å². The largest absolute Gasteiger partial charge is 0.388 e. The van der Waals surface area contributed by atoms with E-state index in [1.807, 2.05) is 0 Å². The minimum Gasteiger partial charge on any atom is -0.388 e. The van der Waals surface area contributed by atoms with E-state index in [4.69, 9.17) is 0 Å². The van der Waals surface area contributed by atoms with E-state index >= 15 is 0 Å². The number of anilines is 1. The van der Waals surface area contributed by atoms with E-state index < -0.39 is 10.0 Å². The average molecular weight is 280 g/mol. The zero-order valence-electron chi connectivity index (χ0n) is 10.8. The summed E-state index contributed by atoms with van der Waals surface area (Å²) in [5, 5.41) is 7.05. The summed E-state index contributed by atoms with van der Waals surface area (Å²) in [6.45, 7) is 0.178. The normalized spacial score (nSPS) is 11.5. The molecule has 0 aliphatic carbocycles. The van der Waals surface area contributed by atoms with Crippen molar-refractivity contribution in [2.24, 2.45) is 7.05 Å². The van der Waals surface area contributed by atoms with Crippen molar-refractivity contribution in [2.75, 3.05) is 12.4 Å². The van der Waals surface area contributed by atoms with Gasteiger partial charge >= 0.3 is 0 Å². The van der Waals surface area contributed by atoms with Gasteiger partial charge in [0.15, 0.2) is 0 Å². The molecular formula is C12H16N4O2S. The van der Waals surface area contributed by atoms with Crippen LogP contribution in [0, 0.1) is 0 Å². The van der Waals surface area contributed by atoms with Gasteiger partial charge in [0.05, 0.1) is 17.1 Å². The molecule has 7 heteroatoms. The molecule has 0 aliphatic heterocycles. The third-order valence-corrected chi connectivity index (χ3v) is 4.08. The van der Waals surface area contributed by atoms with Gasteiger partial charge in [-0.2, -0.15) is 5.10 Å². The van der Waals surface area contributed by atoms with Crippen molar-refractivity contribution in [3.63, 3.8) is 0 Å². The monoisotopic (exact) mass is 280 g/mol. The molecule has 2 rings (SSSR count). The molecular weight excluding hydrogens is 264 g/mol. The van der Waals surface area contributed by atoms with Crippen LogP contribution in [0.25, 0.3) is 0 Å². The summed E-state index contributed by atoms with van der Waals surface area (Å²) in [5.41, 5.74) is 1.54. The lowest BCUT2D eigenvalue weighted by atomic mass is 10.3. The van der Waals surface area contributed by atoms with Gasteiger partial charge in [0.25, 0.3) is 0 Å². The molecule has 2 aromatic rings. The van der Waals surface area contributed by atoms with E-state index in [-0.39, 0.29) is 11.4 Å². The molecule has 0 amide bonds. The minimum absolute atomic E-state index is 0.178. The van der Waals surface area contributed by atoms with Crippen molar-refractivity contribution in [3.8, 4) is 0 Å². The van der Waals surface area contributed by atoms with Crippen LogP contribution in [0.2, 0.25) is 0 Å². The van der Waals surface area contributed by atoms with Gasteiger partial charge in [0.1, 0.15) is 0 Å². The summed E-state index contributed by atoms with van der Waals surface area (Å²) in [4.78, 5) is 0.238. The molecule has 0 saturated heterocycles. The highest BCUT2D eigenvalue weighted by Gasteiger charge is 2.13. The van der Waals surface area contributed by atoms with Gasteiger partial charge in [-0.1, -0.05) is 0 Å². The number of hydrogen-bond donors (Lipinski definition) is 2. The molecule has 102 valence electrons. The number of nitrogens with one attached hydrogen (secondary N) is 2. The van der Waals surface area contributed by atoms with Crippen LogP contribution >= 0.6 is 0 Å². The maximum absolute atomic E-state index is 12.0. The van der Waals surface area contributed by atoms with E-state index in [2.05, 4.69) is 15.1 Å². The highest BCUT2D eigenvalue weighted by molar-refractivity contribution is 7.89. The molecule has 2 N–H and O–H groups in total. The summed E-state index contributed by atoms with van der Waals surface area (Å²) in [5.74, 6) is 0. The zero-order chi connectivity index (χ0) is 13.9. The number of benzene rings is 1. The minimum atomic E-state index is -3.50. The molecule has 1 aromatic heterocycles. The Hall–Kier alpha value is -1.86. The predicted octanol–water partition coefficient (Wildman–Crippen LogP) is 0.940. The number of rotatable bonds is 5. The van der Waals surface area contributed by atoms with Crippen molar-refractivity contribution in [1.29, 1.82) is 0 Å². The van der Waals surface area contributed by atoms with Gasteiger partial charge < -0.3 is 5.32 Å². The fourth-order valence-corrected chi connectivity index (χ4v) is 2.61. The first-order chi connectivity index (χ1) is 9.01. The highest BCUT2D eigenvalue weighted by atomic mass is 32.2. The molecule has 0 bridgehead atoms. The standard InChI is InChI=1S/C12H16N4O2S/c1-13-10-3-5-12(6-4-10)19(17,18)14-9-11-7-8-16(2)15-11/h3-8,13-14H,9H2,1-2H3. The molecule has 0 fully saturated rings. The van der Waals surface area contributed by atoms with Crippen molar-refractivity contribution in [3.05, 3.63) is 42.2 Å². The Morgan fingerprint density at radius 1 is 1.21 bits per heavy atom. The Labute approximate surface area is 112 Å². The summed E-state index contributed by atoms with van der Waals surface area (Å²) in [6.07, 6.45) is 1.77. The molecule has 0 saturated carbocycles. The van der Waals surface area contributed by atoms with E-state index in [1.54, 1.807) is 55.3 Å². The first-order valence-electron chi connectivity index (χ1n) is 5.77. The first-order valence-corrected chi connectivity index (χ1v) is 7.25. The van der Waals surface area contributed by atoms with Crippen LogP contribution in [0.4, 0.5) is 5.69 Å². The Morgan fingerprint density at radius 2 is 1.89 bits per heavy atom. The molecule has 6 nitrogen and oxygen atoms in total. The number of hydrogen-bond acceptors (Lipinski definition) is 4. The number of aryl methyl sites for hydroxylation is 1. The summed E-state index contributed by atoms with van der Waals surface area (Å²) >= 11 is 0. The second kappa shape index (κ2) is 5.41. The topological polar surface area (TPSA) is 76.0 Å². The SMILES string of the molecule is CNc1ccc(S(=O)(=O)NCc2ccn(C)n2)cc1. The third-order valence-electron chi connectivity index (χ3n) is 2.67. The van der Waals surface area contributed by atoms with Gasteiger partial charge in [0.2, 0.25) is 10.0 Å². The van der Waals surface area contributed by atoms with Crippen LogP contribution < -0.4 is 10.0 Å². The Bertz CT molecular complexity index is 647. The van der Waals surface area contributed by atoms with Gasteiger partial charge in [-0.05, 0) is 30.3 Å². The molecule has 0 atom stereocenters. The van der Waals surface area contributed by atoms with E-state index in [1.165, 1.54) is 0 Å². The number of sulfonamides is 1. The van der Waals surface area contributed by atoms with Crippen molar-refractivity contribution >= 4 is 15.7 Å².